The Morgan fingerprint density at radius 2 is 2.06 bits per heavy atom. The van der Waals surface area contributed by atoms with Crippen molar-refractivity contribution in [3.63, 3.8) is 0 Å². The molecule has 1 amide bonds. The van der Waals surface area contributed by atoms with E-state index in [1.165, 1.54) is 5.56 Å². The summed E-state index contributed by atoms with van der Waals surface area (Å²) in [5, 5.41) is 2.91. The summed E-state index contributed by atoms with van der Waals surface area (Å²) >= 11 is 4.79. The smallest absolute Gasteiger partial charge is 0.251 e. The molecular formula is C14H20N2OS. The summed E-state index contributed by atoms with van der Waals surface area (Å²) in [6, 6.07) is 5.84. The van der Waals surface area contributed by atoms with E-state index in [9.17, 15) is 4.79 Å². The molecule has 0 bridgehead atoms. The van der Waals surface area contributed by atoms with Crippen molar-refractivity contribution in [1.29, 1.82) is 0 Å². The number of aryl methyl sites for hydroxylation is 2. The fourth-order valence-corrected chi connectivity index (χ4v) is 1.93. The van der Waals surface area contributed by atoms with Crippen LogP contribution in [0.25, 0.3) is 0 Å². The second-order valence-corrected chi connectivity index (χ2v) is 5.02. The molecule has 1 aromatic carbocycles. The van der Waals surface area contributed by atoms with Gasteiger partial charge in [0.15, 0.2) is 0 Å². The maximum Gasteiger partial charge on any atom is 0.251 e. The fourth-order valence-electron chi connectivity index (χ4n) is 1.79. The Hall–Kier alpha value is -1.42. The van der Waals surface area contributed by atoms with Gasteiger partial charge in [-0.2, -0.15) is 0 Å². The van der Waals surface area contributed by atoms with Gasteiger partial charge in [0.05, 0.1) is 4.99 Å². The molecule has 0 atom stereocenters. The Bertz CT molecular complexity index is 443. The summed E-state index contributed by atoms with van der Waals surface area (Å²) in [5.74, 6) is -0.0113. The summed E-state index contributed by atoms with van der Waals surface area (Å²) < 4.78 is 0. The first-order valence-electron chi connectivity index (χ1n) is 6.14. The van der Waals surface area contributed by atoms with Crippen molar-refractivity contribution < 1.29 is 4.79 Å². The normalized spacial score (nSPS) is 10.1. The Labute approximate surface area is 114 Å². The molecule has 0 aliphatic heterocycles. The molecule has 0 heterocycles. The zero-order chi connectivity index (χ0) is 13.5. The molecule has 1 rings (SSSR count). The predicted molar refractivity (Wildman–Crippen MR) is 78.9 cm³/mol. The minimum atomic E-state index is -0.0113. The summed E-state index contributed by atoms with van der Waals surface area (Å²) in [4.78, 5) is 12.4. The van der Waals surface area contributed by atoms with Gasteiger partial charge in [0, 0.05) is 12.1 Å². The van der Waals surface area contributed by atoms with Crippen molar-refractivity contribution in [2.45, 2.75) is 33.1 Å². The lowest BCUT2D eigenvalue weighted by Gasteiger charge is -2.08. The number of nitrogens with two attached hydrogens (primary N) is 1. The van der Waals surface area contributed by atoms with E-state index in [0.717, 1.165) is 30.4 Å². The van der Waals surface area contributed by atoms with E-state index >= 15 is 0 Å². The summed E-state index contributed by atoms with van der Waals surface area (Å²) in [6.07, 6.45) is 2.56. The average Bonchev–Trinajstić information content (AvgIpc) is 2.27. The molecule has 0 spiro atoms. The topological polar surface area (TPSA) is 55.1 Å². The SMILES string of the molecule is Cc1ccc(C(=O)NCCCCC(N)=S)c(C)c1. The molecule has 0 unspecified atom stereocenters. The Balaban J connectivity index is 2.39. The van der Waals surface area contributed by atoms with Crippen LogP contribution in [0.2, 0.25) is 0 Å². The number of hydrogen-bond donors (Lipinski definition) is 2. The maximum absolute atomic E-state index is 11.9. The van der Waals surface area contributed by atoms with Crippen LogP contribution >= 0.6 is 12.2 Å². The highest BCUT2D eigenvalue weighted by molar-refractivity contribution is 7.80. The lowest BCUT2D eigenvalue weighted by Crippen LogP contribution is -2.25. The monoisotopic (exact) mass is 264 g/mol. The second-order valence-electron chi connectivity index (χ2n) is 4.50. The molecule has 0 aliphatic rings. The first-order valence-corrected chi connectivity index (χ1v) is 6.55. The number of carbonyl (C=O) groups excluding carboxylic acids is 1. The van der Waals surface area contributed by atoms with Crippen LogP contribution in [0.4, 0.5) is 0 Å². The van der Waals surface area contributed by atoms with E-state index < -0.39 is 0 Å². The molecule has 3 nitrogen and oxygen atoms in total. The Morgan fingerprint density at radius 1 is 1.33 bits per heavy atom. The standard InChI is InChI=1S/C14H20N2OS/c1-10-6-7-12(11(2)9-10)14(17)16-8-4-3-5-13(15)18/h6-7,9H,3-5,8H2,1-2H3,(H2,15,18)(H,16,17). The van der Waals surface area contributed by atoms with Crippen LogP contribution in [0.15, 0.2) is 18.2 Å². The number of benzene rings is 1. The first-order chi connectivity index (χ1) is 8.50. The minimum absolute atomic E-state index is 0.0113. The van der Waals surface area contributed by atoms with Gasteiger partial charge in [-0.05, 0) is 44.7 Å². The lowest BCUT2D eigenvalue weighted by atomic mass is 10.1. The van der Waals surface area contributed by atoms with E-state index in [-0.39, 0.29) is 5.91 Å². The molecular weight excluding hydrogens is 244 g/mol. The Kier molecular flexibility index (Phi) is 5.78. The van der Waals surface area contributed by atoms with E-state index in [4.69, 9.17) is 18.0 Å². The van der Waals surface area contributed by atoms with Gasteiger partial charge in [-0.25, -0.2) is 0 Å². The maximum atomic E-state index is 11.9. The van der Waals surface area contributed by atoms with Crippen LogP contribution in [0, 0.1) is 13.8 Å². The predicted octanol–water partition coefficient (Wildman–Crippen LogP) is 2.49. The summed E-state index contributed by atoms with van der Waals surface area (Å²) in [6.45, 7) is 4.63. The van der Waals surface area contributed by atoms with E-state index in [1.807, 2.05) is 32.0 Å². The van der Waals surface area contributed by atoms with Crippen LogP contribution in [-0.2, 0) is 0 Å². The van der Waals surface area contributed by atoms with Gasteiger partial charge >= 0.3 is 0 Å². The van der Waals surface area contributed by atoms with Gasteiger partial charge < -0.3 is 11.1 Å². The summed E-state index contributed by atoms with van der Waals surface area (Å²) in [5.41, 5.74) is 8.33. The minimum Gasteiger partial charge on any atom is -0.393 e. The fraction of sp³-hybridized carbons (Fsp3) is 0.429. The second kappa shape index (κ2) is 7.11. The van der Waals surface area contributed by atoms with Crippen LogP contribution in [0.3, 0.4) is 0 Å². The van der Waals surface area contributed by atoms with Crippen molar-refractivity contribution in [2.75, 3.05) is 6.54 Å². The highest BCUT2D eigenvalue weighted by Crippen LogP contribution is 2.10. The molecule has 0 fully saturated rings. The molecule has 0 saturated heterocycles. The lowest BCUT2D eigenvalue weighted by molar-refractivity contribution is 0.0952. The number of carbonyl (C=O) groups is 1. The zero-order valence-corrected chi connectivity index (χ0v) is 11.8. The summed E-state index contributed by atoms with van der Waals surface area (Å²) in [7, 11) is 0. The van der Waals surface area contributed by atoms with Crippen LogP contribution in [0.5, 0.6) is 0 Å². The van der Waals surface area contributed by atoms with Gasteiger partial charge in [0.2, 0.25) is 0 Å². The van der Waals surface area contributed by atoms with Crippen LogP contribution < -0.4 is 11.1 Å². The molecule has 1 aromatic rings. The number of nitrogens with one attached hydrogen (secondary N) is 1. The molecule has 3 N–H and O–H groups in total. The van der Waals surface area contributed by atoms with Crippen molar-refractivity contribution in [1.82, 2.24) is 5.32 Å². The van der Waals surface area contributed by atoms with Gasteiger partial charge in [-0.1, -0.05) is 29.9 Å². The van der Waals surface area contributed by atoms with Crippen molar-refractivity contribution in [3.05, 3.63) is 34.9 Å². The number of rotatable bonds is 6. The average molecular weight is 264 g/mol. The largest absolute Gasteiger partial charge is 0.393 e. The third-order valence-electron chi connectivity index (χ3n) is 2.76. The zero-order valence-electron chi connectivity index (χ0n) is 11.0. The van der Waals surface area contributed by atoms with Gasteiger partial charge in [0.1, 0.15) is 0 Å². The van der Waals surface area contributed by atoms with Crippen LogP contribution in [-0.4, -0.2) is 17.4 Å². The third kappa shape index (κ3) is 4.84. The molecule has 0 aliphatic carbocycles. The highest BCUT2D eigenvalue weighted by atomic mass is 32.1. The van der Waals surface area contributed by atoms with Crippen LogP contribution in [0.1, 0.15) is 40.7 Å². The van der Waals surface area contributed by atoms with E-state index in [2.05, 4.69) is 5.32 Å². The van der Waals surface area contributed by atoms with E-state index in [0.29, 0.717) is 11.5 Å². The van der Waals surface area contributed by atoms with Gasteiger partial charge in [-0.15, -0.1) is 0 Å². The Morgan fingerprint density at radius 3 is 2.67 bits per heavy atom. The molecule has 0 saturated carbocycles. The molecule has 0 aromatic heterocycles. The number of hydrogen-bond acceptors (Lipinski definition) is 2. The van der Waals surface area contributed by atoms with Crippen molar-refractivity contribution in [2.24, 2.45) is 5.73 Å². The molecule has 98 valence electrons. The number of amides is 1. The number of thiocarbonyl (C=S) groups is 1. The van der Waals surface area contributed by atoms with Gasteiger partial charge in [-0.3, -0.25) is 4.79 Å². The third-order valence-corrected chi connectivity index (χ3v) is 2.97. The highest BCUT2D eigenvalue weighted by Gasteiger charge is 2.07. The molecule has 18 heavy (non-hydrogen) atoms. The molecule has 0 radical (unpaired) electrons. The van der Waals surface area contributed by atoms with Crippen molar-refractivity contribution >= 4 is 23.1 Å². The number of unbranched alkanes of at least 4 members (excludes halogenated alkanes) is 1. The first kappa shape index (κ1) is 14.6. The van der Waals surface area contributed by atoms with E-state index in [1.54, 1.807) is 0 Å². The quantitative estimate of drug-likeness (QED) is 0.613. The van der Waals surface area contributed by atoms with Gasteiger partial charge in [0.25, 0.3) is 5.91 Å². The van der Waals surface area contributed by atoms with Crippen molar-refractivity contribution in [3.8, 4) is 0 Å². The molecule has 4 heteroatoms.